The number of fused-ring (bicyclic) bond motifs is 6. The van der Waals surface area contributed by atoms with E-state index in [4.69, 9.17) is 9.98 Å². The lowest BCUT2D eigenvalue weighted by Crippen LogP contribution is -2.23. The molecule has 0 saturated carbocycles. The number of hydrogen-bond acceptors (Lipinski definition) is 2. The lowest BCUT2D eigenvalue weighted by molar-refractivity contribution is 0.564. The summed E-state index contributed by atoms with van der Waals surface area (Å²) < 4.78 is 2.49. The standard InChI is InChI=1S/C24H25N3/c1-2-3-4-5-6-11-16-27-20-15-10-8-13-18(20)22-23(27)21-17-12-7-9-14-19(17)25-24(21)26-22/h7-10,12-15H,2-6,11,16H2,1H3. The highest BCUT2D eigenvalue weighted by Crippen LogP contribution is 2.42. The molecule has 0 atom stereocenters. The molecule has 3 aromatic rings. The summed E-state index contributed by atoms with van der Waals surface area (Å²) in [6.07, 6.45) is 7.87. The third-order valence-corrected chi connectivity index (χ3v) is 5.76. The first kappa shape index (κ1) is 16.5. The number of para-hydroxylation sites is 2. The number of benzene rings is 2. The molecule has 0 bridgehead atoms. The average molecular weight is 355 g/mol. The smallest absolute Gasteiger partial charge is 0.163 e. The number of rotatable bonds is 7. The second kappa shape index (κ2) is 6.80. The molecule has 0 amide bonds. The van der Waals surface area contributed by atoms with Crippen molar-refractivity contribution in [3.63, 3.8) is 0 Å². The van der Waals surface area contributed by atoms with Gasteiger partial charge >= 0.3 is 0 Å². The van der Waals surface area contributed by atoms with Gasteiger partial charge in [-0.15, -0.1) is 0 Å². The first-order chi connectivity index (χ1) is 13.4. The Bertz CT molecular complexity index is 1160. The monoisotopic (exact) mass is 355 g/mol. The number of unbranched alkanes of at least 4 members (excludes halogenated alkanes) is 5. The van der Waals surface area contributed by atoms with E-state index >= 15 is 0 Å². The van der Waals surface area contributed by atoms with Gasteiger partial charge in [0, 0.05) is 17.1 Å². The second-order valence-corrected chi connectivity index (χ2v) is 7.57. The summed E-state index contributed by atoms with van der Waals surface area (Å²) in [5, 5.41) is 3.52. The Morgan fingerprint density at radius 1 is 0.815 bits per heavy atom. The summed E-state index contributed by atoms with van der Waals surface area (Å²) in [5.74, 6) is 0.892. The lowest BCUT2D eigenvalue weighted by atomic mass is 10.1. The Morgan fingerprint density at radius 2 is 1.59 bits per heavy atom. The summed E-state index contributed by atoms with van der Waals surface area (Å²) in [6.45, 7) is 3.32. The summed E-state index contributed by atoms with van der Waals surface area (Å²) >= 11 is 0. The van der Waals surface area contributed by atoms with E-state index in [-0.39, 0.29) is 0 Å². The van der Waals surface area contributed by atoms with Gasteiger partial charge in [-0.1, -0.05) is 75.4 Å². The van der Waals surface area contributed by atoms with Gasteiger partial charge in [-0.25, -0.2) is 9.98 Å². The summed E-state index contributed by atoms with van der Waals surface area (Å²) in [4.78, 5) is 9.72. The van der Waals surface area contributed by atoms with Crippen LogP contribution in [0.15, 0.2) is 58.5 Å². The summed E-state index contributed by atoms with van der Waals surface area (Å²) in [5.41, 5.74) is 4.91. The van der Waals surface area contributed by atoms with Crippen LogP contribution in [0, 0.1) is 0 Å². The van der Waals surface area contributed by atoms with Crippen LogP contribution in [-0.2, 0) is 6.54 Å². The van der Waals surface area contributed by atoms with Crippen molar-refractivity contribution in [2.75, 3.05) is 0 Å². The lowest BCUT2D eigenvalue weighted by Gasteiger charge is -2.10. The molecule has 0 N–H and O–H groups in total. The van der Waals surface area contributed by atoms with Crippen molar-refractivity contribution in [2.45, 2.75) is 52.0 Å². The highest BCUT2D eigenvalue weighted by molar-refractivity contribution is 6.31. The van der Waals surface area contributed by atoms with Gasteiger partial charge < -0.3 is 4.57 Å². The number of hydrogen-bond donors (Lipinski definition) is 0. The molecule has 0 radical (unpaired) electrons. The van der Waals surface area contributed by atoms with Gasteiger partial charge in [-0.2, -0.15) is 0 Å². The van der Waals surface area contributed by atoms with Gasteiger partial charge in [-0.3, -0.25) is 0 Å². The normalized spacial score (nSPS) is 14.1. The molecular weight excluding hydrogens is 330 g/mol. The van der Waals surface area contributed by atoms with E-state index in [2.05, 4.69) is 60.0 Å². The Balaban J connectivity index is 1.57. The zero-order valence-corrected chi connectivity index (χ0v) is 15.9. The molecule has 0 spiro atoms. The van der Waals surface area contributed by atoms with Crippen LogP contribution in [0.4, 0.5) is 5.69 Å². The van der Waals surface area contributed by atoms with E-state index in [0.717, 1.165) is 23.4 Å². The van der Waals surface area contributed by atoms with Gasteiger partial charge in [0.25, 0.3) is 0 Å². The third-order valence-electron chi connectivity index (χ3n) is 5.76. The Morgan fingerprint density at radius 3 is 2.52 bits per heavy atom. The predicted octanol–water partition coefficient (Wildman–Crippen LogP) is 4.88. The highest BCUT2D eigenvalue weighted by Gasteiger charge is 2.31. The average Bonchev–Trinajstić information content (AvgIpc) is 3.32. The molecule has 0 aliphatic carbocycles. The zero-order valence-electron chi connectivity index (χ0n) is 15.9. The molecule has 136 valence electrons. The molecular formula is C24H25N3. The maximum absolute atomic E-state index is 4.94. The van der Waals surface area contributed by atoms with Crippen LogP contribution in [0.25, 0.3) is 16.5 Å². The third kappa shape index (κ3) is 2.64. The Kier molecular flexibility index (Phi) is 4.16. The van der Waals surface area contributed by atoms with Crippen LogP contribution in [0.2, 0.25) is 0 Å². The molecule has 2 aliphatic heterocycles. The quantitative estimate of drug-likeness (QED) is 0.541. The molecule has 3 heteroatoms. The second-order valence-electron chi connectivity index (χ2n) is 7.57. The number of nitrogens with zero attached hydrogens (tertiary/aromatic N) is 3. The van der Waals surface area contributed by atoms with Crippen LogP contribution in [0.1, 0.15) is 51.1 Å². The maximum atomic E-state index is 4.94. The first-order valence-corrected chi connectivity index (χ1v) is 10.3. The molecule has 5 rings (SSSR count). The van der Waals surface area contributed by atoms with Crippen molar-refractivity contribution in [1.82, 2.24) is 4.57 Å². The van der Waals surface area contributed by atoms with Gasteiger partial charge in [0.15, 0.2) is 5.84 Å². The molecule has 3 heterocycles. The molecule has 27 heavy (non-hydrogen) atoms. The minimum Gasteiger partial charge on any atom is -0.339 e. The van der Waals surface area contributed by atoms with E-state index in [9.17, 15) is 0 Å². The molecule has 2 aliphatic rings. The summed E-state index contributed by atoms with van der Waals surface area (Å²) in [7, 11) is 0. The molecule has 2 aromatic carbocycles. The fourth-order valence-electron chi connectivity index (χ4n) is 4.43. The van der Waals surface area contributed by atoms with Crippen molar-refractivity contribution >= 4 is 28.0 Å². The molecule has 3 nitrogen and oxygen atoms in total. The number of aromatic nitrogens is 1. The van der Waals surface area contributed by atoms with Crippen molar-refractivity contribution in [3.05, 3.63) is 64.8 Å². The Labute approximate surface area is 159 Å². The van der Waals surface area contributed by atoms with E-state index in [1.54, 1.807) is 0 Å². The predicted molar refractivity (Wildman–Crippen MR) is 112 cm³/mol. The van der Waals surface area contributed by atoms with Crippen molar-refractivity contribution in [3.8, 4) is 0 Å². The van der Waals surface area contributed by atoms with Gasteiger partial charge in [0.05, 0.1) is 27.8 Å². The van der Waals surface area contributed by atoms with E-state index in [0.29, 0.717) is 0 Å². The topological polar surface area (TPSA) is 29.6 Å². The van der Waals surface area contributed by atoms with Crippen LogP contribution >= 0.6 is 0 Å². The fourth-order valence-corrected chi connectivity index (χ4v) is 4.43. The number of aliphatic imine (C=N–C) groups is 1. The molecule has 0 saturated heterocycles. The first-order valence-electron chi connectivity index (χ1n) is 10.3. The largest absolute Gasteiger partial charge is 0.339 e. The highest BCUT2D eigenvalue weighted by atomic mass is 15.1. The van der Waals surface area contributed by atoms with Gasteiger partial charge in [0.1, 0.15) is 0 Å². The van der Waals surface area contributed by atoms with Crippen molar-refractivity contribution in [1.29, 1.82) is 0 Å². The van der Waals surface area contributed by atoms with Crippen LogP contribution in [0.3, 0.4) is 0 Å². The number of aryl methyl sites for hydroxylation is 1. The van der Waals surface area contributed by atoms with Gasteiger partial charge in [-0.05, 0) is 18.6 Å². The van der Waals surface area contributed by atoms with Gasteiger partial charge in [0.2, 0.25) is 0 Å². The van der Waals surface area contributed by atoms with E-state index < -0.39 is 0 Å². The van der Waals surface area contributed by atoms with E-state index in [1.807, 2.05) is 0 Å². The maximum Gasteiger partial charge on any atom is 0.163 e. The van der Waals surface area contributed by atoms with E-state index in [1.165, 1.54) is 65.9 Å². The number of amidine groups is 1. The van der Waals surface area contributed by atoms with Crippen molar-refractivity contribution < 1.29 is 0 Å². The molecule has 0 unspecified atom stereocenters. The van der Waals surface area contributed by atoms with Crippen LogP contribution < -0.4 is 10.6 Å². The molecule has 0 fully saturated rings. The zero-order chi connectivity index (χ0) is 18.2. The fraction of sp³-hybridized carbons (Fsp3) is 0.333. The SMILES string of the molecule is CCCCCCCCn1c2c(c3ccccc31)N=C1N=c3ccccc3=C12. The minimum absolute atomic E-state index is 0.892. The van der Waals surface area contributed by atoms with Crippen molar-refractivity contribution in [2.24, 2.45) is 9.98 Å². The summed E-state index contributed by atoms with van der Waals surface area (Å²) in [6, 6.07) is 17.1. The van der Waals surface area contributed by atoms with Crippen LogP contribution in [0.5, 0.6) is 0 Å². The minimum atomic E-state index is 0.892. The molecule has 1 aromatic heterocycles. The Hall–Kier alpha value is -2.68. The van der Waals surface area contributed by atoms with Crippen LogP contribution in [-0.4, -0.2) is 10.4 Å².